The van der Waals surface area contributed by atoms with Gasteiger partial charge in [0.25, 0.3) is 0 Å². The van der Waals surface area contributed by atoms with E-state index in [0.717, 1.165) is 30.0 Å². The summed E-state index contributed by atoms with van der Waals surface area (Å²) in [5, 5.41) is 11.8. The molecule has 1 fully saturated rings. The van der Waals surface area contributed by atoms with Crippen LogP contribution in [-0.2, 0) is 11.3 Å². The number of amides is 1. The predicted molar refractivity (Wildman–Crippen MR) is 68.9 cm³/mol. The quantitative estimate of drug-likeness (QED) is 0.860. The minimum Gasteiger partial charge on any atom is -0.477 e. The van der Waals surface area contributed by atoms with Crippen LogP contribution in [0.5, 0.6) is 0 Å². The lowest BCUT2D eigenvalue weighted by Crippen LogP contribution is -2.32. The van der Waals surface area contributed by atoms with Gasteiger partial charge in [-0.3, -0.25) is 9.69 Å². The summed E-state index contributed by atoms with van der Waals surface area (Å²) < 4.78 is 0. The Hall–Kier alpha value is -1.40. The molecule has 0 spiro atoms. The van der Waals surface area contributed by atoms with Crippen molar-refractivity contribution in [3.8, 4) is 0 Å². The van der Waals surface area contributed by atoms with E-state index in [1.54, 1.807) is 6.07 Å². The maximum atomic E-state index is 11.4. The van der Waals surface area contributed by atoms with E-state index in [4.69, 9.17) is 5.11 Å². The van der Waals surface area contributed by atoms with Gasteiger partial charge in [-0.2, -0.15) is 0 Å². The van der Waals surface area contributed by atoms with Gasteiger partial charge < -0.3 is 10.4 Å². The third kappa shape index (κ3) is 3.08. The van der Waals surface area contributed by atoms with Gasteiger partial charge in [0.1, 0.15) is 4.88 Å². The molecule has 0 radical (unpaired) electrons. The molecular formula is C12H16N2O3S. The molecule has 5 nitrogen and oxygen atoms in total. The molecule has 0 saturated carbocycles. The van der Waals surface area contributed by atoms with E-state index in [2.05, 4.69) is 10.2 Å². The molecule has 1 aromatic rings. The molecule has 2 N–H and O–H groups in total. The highest BCUT2D eigenvalue weighted by Gasteiger charge is 2.17. The number of hydrogen-bond acceptors (Lipinski definition) is 4. The van der Waals surface area contributed by atoms with Gasteiger partial charge in [0, 0.05) is 24.5 Å². The summed E-state index contributed by atoms with van der Waals surface area (Å²) in [6.07, 6.45) is 0.931. The van der Waals surface area contributed by atoms with Crippen LogP contribution >= 0.6 is 11.3 Å². The topological polar surface area (TPSA) is 69.6 Å². The first kappa shape index (κ1) is 13.0. The zero-order valence-corrected chi connectivity index (χ0v) is 11.0. The Labute approximate surface area is 109 Å². The fourth-order valence-corrected chi connectivity index (χ4v) is 2.90. The molecule has 1 aliphatic heterocycles. The summed E-state index contributed by atoms with van der Waals surface area (Å²) in [7, 11) is 0. The highest BCUT2D eigenvalue weighted by Crippen LogP contribution is 2.23. The first-order valence-electron chi connectivity index (χ1n) is 5.88. The number of aryl methyl sites for hydroxylation is 1. The Morgan fingerprint density at radius 3 is 3.06 bits per heavy atom. The number of carboxylic acid groups (broad SMARTS) is 1. The van der Waals surface area contributed by atoms with Gasteiger partial charge >= 0.3 is 5.97 Å². The highest BCUT2D eigenvalue weighted by molar-refractivity contribution is 7.14. The number of rotatable bonds is 3. The molecule has 2 rings (SSSR count). The molecular weight excluding hydrogens is 252 g/mol. The Balaban J connectivity index is 2.08. The normalized spacial score (nSPS) is 17.3. The number of thiophene rings is 1. The van der Waals surface area contributed by atoms with Crippen molar-refractivity contribution in [1.82, 2.24) is 10.2 Å². The lowest BCUT2D eigenvalue weighted by molar-refractivity contribution is -0.121. The summed E-state index contributed by atoms with van der Waals surface area (Å²) in [5.41, 5.74) is 1.01. The van der Waals surface area contributed by atoms with Crippen LogP contribution in [0.2, 0.25) is 0 Å². The first-order chi connectivity index (χ1) is 8.56. The summed E-state index contributed by atoms with van der Waals surface area (Å²) in [4.78, 5) is 25.8. The van der Waals surface area contributed by atoms with Crippen LogP contribution in [0.3, 0.4) is 0 Å². The van der Waals surface area contributed by atoms with Crippen molar-refractivity contribution in [1.29, 1.82) is 0 Å². The molecule has 1 aromatic heterocycles. The van der Waals surface area contributed by atoms with Crippen LogP contribution in [-0.4, -0.2) is 41.5 Å². The zero-order chi connectivity index (χ0) is 13.1. The molecule has 0 aromatic carbocycles. The molecule has 0 unspecified atom stereocenters. The number of carboxylic acids is 1. The molecule has 0 aliphatic carbocycles. The van der Waals surface area contributed by atoms with Crippen molar-refractivity contribution >= 4 is 23.2 Å². The second-order valence-electron chi connectivity index (χ2n) is 4.41. The fraction of sp³-hybridized carbons (Fsp3) is 0.500. The van der Waals surface area contributed by atoms with Gasteiger partial charge in [-0.1, -0.05) is 0 Å². The molecule has 1 saturated heterocycles. The van der Waals surface area contributed by atoms with Gasteiger partial charge in [-0.15, -0.1) is 11.3 Å². The third-order valence-corrected chi connectivity index (χ3v) is 4.05. The van der Waals surface area contributed by atoms with Gasteiger partial charge in [0.05, 0.1) is 6.54 Å². The van der Waals surface area contributed by atoms with Crippen molar-refractivity contribution in [3.63, 3.8) is 0 Å². The Morgan fingerprint density at radius 2 is 2.39 bits per heavy atom. The van der Waals surface area contributed by atoms with Crippen molar-refractivity contribution in [2.75, 3.05) is 19.6 Å². The number of nitrogens with one attached hydrogen (secondary N) is 1. The molecule has 2 heterocycles. The highest BCUT2D eigenvalue weighted by atomic mass is 32.1. The van der Waals surface area contributed by atoms with E-state index < -0.39 is 5.97 Å². The maximum absolute atomic E-state index is 11.4. The second-order valence-corrected chi connectivity index (χ2v) is 5.67. The number of carbonyl (C=O) groups excluding carboxylic acids is 1. The van der Waals surface area contributed by atoms with E-state index in [-0.39, 0.29) is 5.91 Å². The lowest BCUT2D eigenvalue weighted by Gasteiger charge is -2.18. The smallest absolute Gasteiger partial charge is 0.345 e. The van der Waals surface area contributed by atoms with E-state index in [0.29, 0.717) is 18.0 Å². The summed E-state index contributed by atoms with van der Waals surface area (Å²) in [5.74, 6) is -0.846. The average Bonchev–Trinajstić information content (AvgIpc) is 2.54. The van der Waals surface area contributed by atoms with Crippen LogP contribution in [0, 0.1) is 6.92 Å². The van der Waals surface area contributed by atoms with Crippen molar-refractivity contribution in [3.05, 3.63) is 21.4 Å². The van der Waals surface area contributed by atoms with Gasteiger partial charge in [0.2, 0.25) is 5.91 Å². The van der Waals surface area contributed by atoms with Crippen molar-refractivity contribution in [2.24, 2.45) is 0 Å². The molecule has 0 bridgehead atoms. The van der Waals surface area contributed by atoms with Crippen molar-refractivity contribution < 1.29 is 14.7 Å². The van der Waals surface area contributed by atoms with E-state index in [1.165, 1.54) is 11.3 Å². The SMILES string of the molecule is Cc1sc(C(=O)O)cc1CN1CCCNC(=O)C1. The summed E-state index contributed by atoms with van der Waals surface area (Å²) in [6.45, 7) is 4.53. The van der Waals surface area contributed by atoms with Gasteiger partial charge in [0.15, 0.2) is 0 Å². The van der Waals surface area contributed by atoms with Crippen molar-refractivity contribution in [2.45, 2.75) is 19.9 Å². The second kappa shape index (κ2) is 5.49. The third-order valence-electron chi connectivity index (χ3n) is 2.97. The average molecular weight is 268 g/mol. The Kier molecular flexibility index (Phi) is 3.98. The molecule has 1 aliphatic rings. The Bertz CT molecular complexity index is 470. The van der Waals surface area contributed by atoms with Gasteiger partial charge in [-0.25, -0.2) is 4.79 Å². The van der Waals surface area contributed by atoms with E-state index in [1.807, 2.05) is 6.92 Å². The number of carbonyl (C=O) groups is 2. The van der Waals surface area contributed by atoms with E-state index in [9.17, 15) is 9.59 Å². The number of nitrogens with zero attached hydrogens (tertiary/aromatic N) is 1. The zero-order valence-electron chi connectivity index (χ0n) is 10.2. The Morgan fingerprint density at radius 1 is 1.61 bits per heavy atom. The number of hydrogen-bond donors (Lipinski definition) is 2. The van der Waals surface area contributed by atoms with Crippen LogP contribution in [0.25, 0.3) is 0 Å². The fourth-order valence-electron chi connectivity index (χ4n) is 2.03. The summed E-state index contributed by atoms with van der Waals surface area (Å²) in [6, 6.07) is 1.71. The standard InChI is InChI=1S/C12H16N2O3S/c1-8-9(5-10(18-8)12(16)17)6-14-4-2-3-13-11(15)7-14/h5H,2-4,6-7H2,1H3,(H,13,15)(H,16,17). The van der Waals surface area contributed by atoms with Crippen LogP contribution in [0.4, 0.5) is 0 Å². The maximum Gasteiger partial charge on any atom is 0.345 e. The van der Waals surface area contributed by atoms with Crippen LogP contribution in [0.15, 0.2) is 6.07 Å². The first-order valence-corrected chi connectivity index (χ1v) is 6.69. The predicted octanol–water partition coefficient (Wildman–Crippen LogP) is 1.08. The minimum absolute atomic E-state index is 0.0406. The number of aromatic carboxylic acids is 1. The summed E-state index contributed by atoms with van der Waals surface area (Å²) >= 11 is 1.29. The van der Waals surface area contributed by atoms with Gasteiger partial charge in [-0.05, 0) is 25.0 Å². The minimum atomic E-state index is -0.886. The van der Waals surface area contributed by atoms with E-state index >= 15 is 0 Å². The molecule has 1 amide bonds. The van der Waals surface area contributed by atoms with Crippen LogP contribution < -0.4 is 5.32 Å². The largest absolute Gasteiger partial charge is 0.477 e. The monoisotopic (exact) mass is 268 g/mol. The molecule has 98 valence electrons. The molecule has 18 heavy (non-hydrogen) atoms. The molecule has 0 atom stereocenters. The molecule has 6 heteroatoms. The lowest BCUT2D eigenvalue weighted by atomic mass is 10.2. The van der Waals surface area contributed by atoms with Crippen LogP contribution in [0.1, 0.15) is 26.5 Å².